The first-order valence-corrected chi connectivity index (χ1v) is 6.33. The summed E-state index contributed by atoms with van der Waals surface area (Å²) in [4.78, 5) is 19.3. The summed E-state index contributed by atoms with van der Waals surface area (Å²) in [5, 5.41) is 0.962. The first kappa shape index (κ1) is 14.2. The molecule has 0 radical (unpaired) electrons. The van der Waals surface area contributed by atoms with Crippen LogP contribution in [0.1, 0.15) is 12.7 Å². The molecule has 7 heteroatoms. The van der Waals surface area contributed by atoms with Crippen molar-refractivity contribution in [3.63, 3.8) is 0 Å². The minimum Gasteiger partial charge on any atom is -0.465 e. The van der Waals surface area contributed by atoms with Gasteiger partial charge in [-0.2, -0.15) is 0 Å². The largest absolute Gasteiger partial charge is 0.465 e. The normalized spacial score (nSPS) is 10.3. The fourth-order valence-corrected chi connectivity index (χ4v) is 2.02. The van der Waals surface area contributed by atoms with Gasteiger partial charge in [0.15, 0.2) is 5.82 Å². The number of nitrogens with zero attached hydrogens (tertiary/aromatic N) is 2. The highest BCUT2D eigenvalue weighted by Gasteiger charge is 2.07. The summed E-state index contributed by atoms with van der Waals surface area (Å²) in [6.07, 6.45) is 0. The molecule has 1 aromatic heterocycles. The third kappa shape index (κ3) is 5.34. The van der Waals surface area contributed by atoms with E-state index in [0.29, 0.717) is 22.6 Å². The SMILES string of the molecule is CCOC(=O)CSc1cc(Cl)nc(COC)n1. The second kappa shape index (κ2) is 7.47. The summed E-state index contributed by atoms with van der Waals surface area (Å²) in [5.74, 6) is 0.417. The van der Waals surface area contributed by atoms with Crippen molar-refractivity contribution in [2.24, 2.45) is 0 Å². The molecule has 0 unspecified atom stereocenters. The number of rotatable bonds is 6. The summed E-state index contributed by atoms with van der Waals surface area (Å²) in [7, 11) is 1.55. The van der Waals surface area contributed by atoms with Crippen LogP contribution >= 0.6 is 23.4 Å². The average molecular weight is 277 g/mol. The number of halogens is 1. The first-order valence-electron chi connectivity index (χ1n) is 4.96. The van der Waals surface area contributed by atoms with Gasteiger partial charge in [-0.1, -0.05) is 23.4 Å². The molecule has 0 aliphatic heterocycles. The van der Waals surface area contributed by atoms with E-state index in [-0.39, 0.29) is 18.3 Å². The Labute approximate surface area is 109 Å². The number of hydrogen-bond acceptors (Lipinski definition) is 6. The van der Waals surface area contributed by atoms with Crippen molar-refractivity contribution < 1.29 is 14.3 Å². The molecule has 0 aliphatic carbocycles. The maximum absolute atomic E-state index is 11.2. The van der Waals surface area contributed by atoms with Crippen LogP contribution in [0.5, 0.6) is 0 Å². The van der Waals surface area contributed by atoms with Gasteiger partial charge in [0.1, 0.15) is 16.8 Å². The lowest BCUT2D eigenvalue weighted by Gasteiger charge is -2.04. The van der Waals surface area contributed by atoms with E-state index in [9.17, 15) is 4.79 Å². The third-order valence-corrected chi connectivity index (χ3v) is 2.71. The van der Waals surface area contributed by atoms with Crippen LogP contribution in [-0.4, -0.2) is 35.4 Å². The van der Waals surface area contributed by atoms with Crippen LogP contribution in [0.2, 0.25) is 5.15 Å². The van der Waals surface area contributed by atoms with E-state index >= 15 is 0 Å². The van der Waals surface area contributed by atoms with Crippen LogP contribution in [0.3, 0.4) is 0 Å². The molecular weight excluding hydrogens is 264 g/mol. The third-order valence-electron chi connectivity index (χ3n) is 1.63. The molecule has 0 fully saturated rings. The minimum atomic E-state index is -0.277. The van der Waals surface area contributed by atoms with Crippen LogP contribution in [0, 0.1) is 0 Å². The molecule has 0 atom stereocenters. The Morgan fingerprint density at radius 1 is 1.53 bits per heavy atom. The van der Waals surface area contributed by atoms with E-state index in [1.807, 2.05) is 0 Å². The molecule has 17 heavy (non-hydrogen) atoms. The lowest BCUT2D eigenvalue weighted by molar-refractivity contribution is -0.139. The zero-order valence-electron chi connectivity index (χ0n) is 9.60. The molecule has 1 rings (SSSR count). The molecule has 0 saturated carbocycles. The van der Waals surface area contributed by atoms with Gasteiger partial charge >= 0.3 is 5.97 Å². The fraction of sp³-hybridized carbons (Fsp3) is 0.500. The van der Waals surface area contributed by atoms with E-state index in [4.69, 9.17) is 21.1 Å². The lowest BCUT2D eigenvalue weighted by atomic mass is 10.6. The van der Waals surface area contributed by atoms with Crippen molar-refractivity contribution in [3.05, 3.63) is 17.0 Å². The Hall–Kier alpha value is -0.850. The maximum Gasteiger partial charge on any atom is 0.316 e. The summed E-state index contributed by atoms with van der Waals surface area (Å²) >= 11 is 7.08. The van der Waals surface area contributed by atoms with Crippen LogP contribution < -0.4 is 0 Å². The molecule has 0 bridgehead atoms. The van der Waals surface area contributed by atoms with Crippen molar-refractivity contribution in [3.8, 4) is 0 Å². The molecule has 1 aromatic rings. The highest BCUT2D eigenvalue weighted by molar-refractivity contribution is 7.99. The Balaban J connectivity index is 2.61. The summed E-state index contributed by atoms with van der Waals surface area (Å²) < 4.78 is 9.73. The number of carbonyl (C=O) groups is 1. The van der Waals surface area contributed by atoms with Crippen molar-refractivity contribution in [2.75, 3.05) is 19.5 Å². The Kier molecular flexibility index (Phi) is 6.25. The standard InChI is InChI=1S/C10H13ClN2O3S/c1-3-16-10(14)6-17-9-4-7(11)12-8(13-9)5-15-2/h4H,3,5-6H2,1-2H3. The van der Waals surface area contributed by atoms with Gasteiger partial charge in [-0.3, -0.25) is 4.79 Å². The smallest absolute Gasteiger partial charge is 0.316 e. The van der Waals surface area contributed by atoms with E-state index < -0.39 is 0 Å². The second-order valence-electron chi connectivity index (χ2n) is 2.97. The van der Waals surface area contributed by atoms with Crippen LogP contribution in [0.25, 0.3) is 0 Å². The topological polar surface area (TPSA) is 61.3 Å². The van der Waals surface area contributed by atoms with Gasteiger partial charge < -0.3 is 9.47 Å². The molecule has 5 nitrogen and oxygen atoms in total. The minimum absolute atomic E-state index is 0.202. The van der Waals surface area contributed by atoms with Crippen molar-refractivity contribution in [1.82, 2.24) is 9.97 Å². The van der Waals surface area contributed by atoms with Crippen molar-refractivity contribution >= 4 is 29.3 Å². The van der Waals surface area contributed by atoms with E-state index in [1.54, 1.807) is 20.1 Å². The molecular formula is C10H13ClN2O3S. The lowest BCUT2D eigenvalue weighted by Crippen LogP contribution is -2.07. The molecule has 94 valence electrons. The molecule has 0 spiro atoms. The molecule has 0 aliphatic rings. The number of hydrogen-bond donors (Lipinski definition) is 0. The van der Waals surface area contributed by atoms with Crippen molar-refractivity contribution in [1.29, 1.82) is 0 Å². The summed E-state index contributed by atoms with van der Waals surface area (Å²) in [5.41, 5.74) is 0. The molecule has 0 aromatic carbocycles. The van der Waals surface area contributed by atoms with Gasteiger partial charge in [0, 0.05) is 13.2 Å². The van der Waals surface area contributed by atoms with E-state index in [2.05, 4.69) is 9.97 Å². The number of aromatic nitrogens is 2. The Morgan fingerprint density at radius 3 is 2.94 bits per heavy atom. The Bertz CT molecular complexity index is 390. The van der Waals surface area contributed by atoms with E-state index in [1.165, 1.54) is 11.8 Å². The number of esters is 1. The van der Waals surface area contributed by atoms with Gasteiger partial charge in [-0.05, 0) is 6.92 Å². The second-order valence-corrected chi connectivity index (χ2v) is 4.35. The van der Waals surface area contributed by atoms with Gasteiger partial charge in [0.2, 0.25) is 0 Å². The predicted octanol–water partition coefficient (Wildman–Crippen LogP) is 1.93. The van der Waals surface area contributed by atoms with Crippen LogP contribution in [-0.2, 0) is 20.9 Å². The van der Waals surface area contributed by atoms with Gasteiger partial charge in [0.05, 0.1) is 12.4 Å². The summed E-state index contributed by atoms with van der Waals surface area (Å²) in [6.45, 7) is 2.42. The molecule has 0 N–H and O–H groups in total. The highest BCUT2D eigenvalue weighted by Crippen LogP contribution is 2.19. The fourth-order valence-electron chi connectivity index (χ4n) is 1.05. The Morgan fingerprint density at radius 2 is 2.29 bits per heavy atom. The number of methoxy groups -OCH3 is 1. The van der Waals surface area contributed by atoms with Gasteiger partial charge in [-0.15, -0.1) is 0 Å². The van der Waals surface area contributed by atoms with Crippen molar-refractivity contribution in [2.45, 2.75) is 18.6 Å². The maximum atomic E-state index is 11.2. The monoisotopic (exact) mass is 276 g/mol. The zero-order valence-corrected chi connectivity index (χ0v) is 11.2. The average Bonchev–Trinajstić information content (AvgIpc) is 2.26. The predicted molar refractivity (Wildman–Crippen MR) is 65.1 cm³/mol. The molecule has 1 heterocycles. The first-order chi connectivity index (χ1) is 8.15. The number of ether oxygens (including phenoxy) is 2. The molecule has 0 amide bonds. The quantitative estimate of drug-likeness (QED) is 0.449. The number of thioether (sulfide) groups is 1. The van der Waals surface area contributed by atoms with Gasteiger partial charge in [-0.25, -0.2) is 9.97 Å². The van der Waals surface area contributed by atoms with E-state index in [0.717, 1.165) is 0 Å². The number of carbonyl (C=O) groups excluding carboxylic acids is 1. The summed E-state index contributed by atoms with van der Waals surface area (Å²) in [6, 6.07) is 1.60. The zero-order chi connectivity index (χ0) is 12.7. The van der Waals surface area contributed by atoms with Gasteiger partial charge in [0.25, 0.3) is 0 Å². The molecule has 0 saturated heterocycles. The van der Waals surface area contributed by atoms with Crippen LogP contribution in [0.4, 0.5) is 0 Å². The highest BCUT2D eigenvalue weighted by atomic mass is 35.5. The van der Waals surface area contributed by atoms with Crippen LogP contribution in [0.15, 0.2) is 11.1 Å².